The van der Waals surface area contributed by atoms with Gasteiger partial charge in [0.1, 0.15) is 17.3 Å². The predicted molar refractivity (Wildman–Crippen MR) is 147 cm³/mol. The van der Waals surface area contributed by atoms with Crippen LogP contribution in [0.1, 0.15) is 24.6 Å². The summed E-state index contributed by atoms with van der Waals surface area (Å²) in [4.78, 5) is 34.3. The Kier molecular flexibility index (Phi) is 9.50. The summed E-state index contributed by atoms with van der Waals surface area (Å²) < 4.78 is 45.9. The fourth-order valence-corrected chi connectivity index (χ4v) is 4.52. The molecule has 2 amide bonds. The summed E-state index contributed by atoms with van der Waals surface area (Å²) in [5.41, 5.74) is 0.249. The molecule has 0 unspecified atom stereocenters. The maximum absolute atomic E-state index is 13.1. The van der Waals surface area contributed by atoms with E-state index >= 15 is 0 Å². The Morgan fingerprint density at radius 1 is 1.15 bits per heavy atom. The standard InChI is InChI=1S/C28H27BrF3N5O3/c1-19(38)37-13-11-36(12-14-37)10-3-15-40-24-8-7-21(27-33-18-25(35-27)28(30,31)32)17-23(24)34-26(39)9-6-20-4-2-5-22(29)16-20/h2,4-5,7-8,16-18H,3,10-15H2,1H3,(H,33,35)(H,34,39). The minimum atomic E-state index is -4.56. The van der Waals surface area contributed by atoms with Gasteiger partial charge in [0.25, 0.3) is 0 Å². The van der Waals surface area contributed by atoms with E-state index in [9.17, 15) is 22.8 Å². The fraction of sp³-hybridized carbons (Fsp3) is 0.321. The van der Waals surface area contributed by atoms with Crippen molar-refractivity contribution in [2.75, 3.05) is 44.6 Å². The number of aromatic nitrogens is 2. The summed E-state index contributed by atoms with van der Waals surface area (Å²) in [7, 11) is 0. The van der Waals surface area contributed by atoms with E-state index < -0.39 is 17.8 Å². The Morgan fingerprint density at radius 2 is 1.93 bits per heavy atom. The number of rotatable bonds is 7. The third-order valence-electron chi connectivity index (χ3n) is 6.22. The second-order valence-corrected chi connectivity index (χ2v) is 10.0. The molecule has 0 spiro atoms. The van der Waals surface area contributed by atoms with Crippen molar-refractivity contribution in [2.45, 2.75) is 19.5 Å². The topological polar surface area (TPSA) is 90.6 Å². The van der Waals surface area contributed by atoms with Crippen LogP contribution in [0.4, 0.5) is 18.9 Å². The van der Waals surface area contributed by atoms with Crippen molar-refractivity contribution in [3.8, 4) is 29.0 Å². The molecule has 8 nitrogen and oxygen atoms in total. The Morgan fingerprint density at radius 3 is 2.60 bits per heavy atom. The molecular weight excluding hydrogens is 591 g/mol. The zero-order valence-electron chi connectivity index (χ0n) is 21.6. The van der Waals surface area contributed by atoms with E-state index in [1.54, 1.807) is 37.3 Å². The van der Waals surface area contributed by atoms with Crippen molar-refractivity contribution in [1.82, 2.24) is 19.8 Å². The van der Waals surface area contributed by atoms with Gasteiger partial charge in [-0.25, -0.2) is 4.98 Å². The first-order valence-electron chi connectivity index (χ1n) is 12.5. The number of hydrogen-bond donors (Lipinski definition) is 2. The summed E-state index contributed by atoms with van der Waals surface area (Å²) >= 11 is 3.36. The maximum atomic E-state index is 13.1. The number of carbonyl (C=O) groups excluding carboxylic acids is 2. The minimum Gasteiger partial charge on any atom is -0.491 e. The molecule has 3 aromatic rings. The molecule has 1 aliphatic heterocycles. The van der Waals surface area contributed by atoms with Crippen LogP contribution in [-0.4, -0.2) is 70.9 Å². The lowest BCUT2D eigenvalue weighted by molar-refractivity contribution is -0.140. The van der Waals surface area contributed by atoms with Crippen LogP contribution in [0.5, 0.6) is 5.75 Å². The second-order valence-electron chi connectivity index (χ2n) is 9.12. The molecule has 12 heteroatoms. The van der Waals surface area contributed by atoms with E-state index in [0.29, 0.717) is 43.0 Å². The van der Waals surface area contributed by atoms with Crippen molar-refractivity contribution in [3.05, 3.63) is 64.4 Å². The fourth-order valence-electron chi connectivity index (χ4n) is 4.12. The molecule has 2 aromatic carbocycles. The highest BCUT2D eigenvalue weighted by molar-refractivity contribution is 9.10. The van der Waals surface area contributed by atoms with Gasteiger partial charge in [-0.3, -0.25) is 14.5 Å². The van der Waals surface area contributed by atoms with Gasteiger partial charge < -0.3 is 19.9 Å². The van der Waals surface area contributed by atoms with Gasteiger partial charge in [-0.1, -0.05) is 27.9 Å². The summed E-state index contributed by atoms with van der Waals surface area (Å²) in [6.45, 7) is 5.65. The number of H-pyrrole nitrogens is 1. The largest absolute Gasteiger partial charge is 0.491 e. The van der Waals surface area contributed by atoms with Crippen molar-refractivity contribution in [3.63, 3.8) is 0 Å². The number of hydrogen-bond acceptors (Lipinski definition) is 5. The lowest BCUT2D eigenvalue weighted by atomic mass is 10.1. The number of alkyl halides is 3. The highest BCUT2D eigenvalue weighted by atomic mass is 79.9. The molecule has 1 aliphatic rings. The first kappa shape index (κ1) is 29.2. The smallest absolute Gasteiger partial charge is 0.432 e. The molecular formula is C28H27BrF3N5O3. The summed E-state index contributed by atoms with van der Waals surface area (Å²) in [5, 5.41) is 2.69. The lowest BCUT2D eigenvalue weighted by Crippen LogP contribution is -2.48. The number of ether oxygens (including phenoxy) is 1. The van der Waals surface area contributed by atoms with Crippen molar-refractivity contribution < 1.29 is 27.5 Å². The van der Waals surface area contributed by atoms with Gasteiger partial charge in [0.05, 0.1) is 18.5 Å². The van der Waals surface area contributed by atoms with E-state index in [1.807, 2.05) is 11.0 Å². The van der Waals surface area contributed by atoms with Gasteiger partial charge in [-0.15, -0.1) is 0 Å². The molecule has 1 aromatic heterocycles. The number of carbonyl (C=O) groups is 2. The van der Waals surface area contributed by atoms with Crippen LogP contribution < -0.4 is 10.1 Å². The van der Waals surface area contributed by atoms with E-state index in [0.717, 1.165) is 30.3 Å². The number of nitrogens with zero attached hydrogens (tertiary/aromatic N) is 3. The normalized spacial score (nSPS) is 13.9. The number of aromatic amines is 1. The molecule has 1 saturated heterocycles. The number of halogens is 4. The molecule has 0 aliphatic carbocycles. The molecule has 2 N–H and O–H groups in total. The van der Waals surface area contributed by atoms with E-state index in [1.165, 1.54) is 6.07 Å². The van der Waals surface area contributed by atoms with Crippen molar-refractivity contribution in [2.24, 2.45) is 0 Å². The molecule has 0 saturated carbocycles. The van der Waals surface area contributed by atoms with Gasteiger partial charge >= 0.3 is 12.1 Å². The van der Waals surface area contributed by atoms with E-state index in [-0.39, 0.29) is 17.4 Å². The first-order valence-corrected chi connectivity index (χ1v) is 13.3. The van der Waals surface area contributed by atoms with Crippen LogP contribution in [0.3, 0.4) is 0 Å². The molecule has 4 rings (SSSR count). The summed E-state index contributed by atoms with van der Waals surface area (Å²) in [5.74, 6) is 5.12. The number of imidazole rings is 1. The quantitative estimate of drug-likeness (QED) is 0.294. The van der Waals surface area contributed by atoms with Gasteiger partial charge in [0, 0.05) is 61.2 Å². The van der Waals surface area contributed by atoms with Crippen LogP contribution in [0, 0.1) is 11.8 Å². The zero-order valence-corrected chi connectivity index (χ0v) is 23.2. The molecule has 2 heterocycles. The Balaban J connectivity index is 1.45. The maximum Gasteiger partial charge on any atom is 0.432 e. The monoisotopic (exact) mass is 617 g/mol. The highest BCUT2D eigenvalue weighted by Gasteiger charge is 2.33. The van der Waals surface area contributed by atoms with Gasteiger partial charge in [-0.2, -0.15) is 13.2 Å². The summed E-state index contributed by atoms with van der Waals surface area (Å²) in [6, 6.07) is 11.8. The summed E-state index contributed by atoms with van der Waals surface area (Å²) in [6.07, 6.45) is -3.14. The van der Waals surface area contributed by atoms with E-state index in [2.05, 4.69) is 48.0 Å². The third-order valence-corrected chi connectivity index (χ3v) is 6.71. The number of nitrogens with one attached hydrogen (secondary N) is 2. The Hall–Kier alpha value is -3.82. The molecule has 40 heavy (non-hydrogen) atoms. The molecule has 1 fully saturated rings. The molecule has 210 valence electrons. The zero-order chi connectivity index (χ0) is 28.7. The van der Waals surface area contributed by atoms with Crippen LogP contribution in [0.25, 0.3) is 11.4 Å². The SMILES string of the molecule is CC(=O)N1CCN(CCCOc2ccc(-c3ncc(C(F)(F)F)[nH]3)cc2NC(=O)C#Cc2cccc(Br)c2)CC1. The van der Waals surface area contributed by atoms with Crippen molar-refractivity contribution in [1.29, 1.82) is 0 Å². The Bertz CT molecular complexity index is 1420. The lowest BCUT2D eigenvalue weighted by Gasteiger charge is -2.34. The van der Waals surface area contributed by atoms with Crippen molar-refractivity contribution >= 4 is 33.4 Å². The van der Waals surface area contributed by atoms with Gasteiger partial charge in [-0.05, 0) is 42.8 Å². The van der Waals surface area contributed by atoms with Crippen LogP contribution >= 0.6 is 15.9 Å². The minimum absolute atomic E-state index is 0.000651. The third kappa shape index (κ3) is 8.09. The van der Waals surface area contributed by atoms with Gasteiger partial charge in [0.2, 0.25) is 5.91 Å². The van der Waals surface area contributed by atoms with Gasteiger partial charge in [0.15, 0.2) is 0 Å². The number of amides is 2. The van der Waals surface area contributed by atoms with E-state index in [4.69, 9.17) is 4.74 Å². The number of benzene rings is 2. The molecule has 0 atom stereocenters. The van der Waals surface area contributed by atoms with Crippen LogP contribution in [0.15, 0.2) is 53.1 Å². The first-order chi connectivity index (χ1) is 19.1. The number of piperazine rings is 1. The van der Waals surface area contributed by atoms with Crippen LogP contribution in [-0.2, 0) is 15.8 Å². The highest BCUT2D eigenvalue weighted by Crippen LogP contribution is 2.33. The average molecular weight is 618 g/mol. The second kappa shape index (κ2) is 13.0. The molecule has 0 radical (unpaired) electrons. The Labute approximate surface area is 238 Å². The predicted octanol–water partition coefficient (Wildman–Crippen LogP) is 4.78. The number of anilines is 1. The average Bonchev–Trinajstić information content (AvgIpc) is 3.42. The van der Waals surface area contributed by atoms with Crippen LogP contribution in [0.2, 0.25) is 0 Å². The molecule has 0 bridgehead atoms.